The van der Waals surface area contributed by atoms with Crippen LogP contribution in [0.3, 0.4) is 0 Å². The van der Waals surface area contributed by atoms with Crippen molar-refractivity contribution in [2.45, 2.75) is 45.4 Å². The fraction of sp³-hybridized carbons (Fsp3) is 1.00. The van der Waals surface area contributed by atoms with Crippen molar-refractivity contribution in [1.82, 2.24) is 4.90 Å². The molecule has 0 radical (unpaired) electrons. The van der Waals surface area contributed by atoms with Crippen LogP contribution in [-0.4, -0.2) is 37.3 Å². The Bertz CT molecular complexity index is 115. The van der Waals surface area contributed by atoms with Crippen LogP contribution >= 0.6 is 0 Å². The van der Waals surface area contributed by atoms with Gasteiger partial charge in [-0.2, -0.15) is 0 Å². The van der Waals surface area contributed by atoms with Crippen molar-refractivity contribution in [3.05, 3.63) is 0 Å². The molecular weight excluding hydrogens is 174 g/mol. The monoisotopic (exact) mass is 201 g/mol. The largest absolute Gasteiger partial charge is 0.396 e. The van der Waals surface area contributed by atoms with Crippen LogP contribution in [0.4, 0.5) is 0 Å². The van der Waals surface area contributed by atoms with Gasteiger partial charge in [-0.25, -0.2) is 0 Å². The predicted molar refractivity (Wildman–Crippen MR) is 62.5 cm³/mol. The van der Waals surface area contributed by atoms with Gasteiger partial charge in [0.2, 0.25) is 0 Å². The maximum Gasteiger partial charge on any atom is 0.0433 e. The van der Waals surface area contributed by atoms with Crippen LogP contribution in [0.25, 0.3) is 0 Å². The van der Waals surface area contributed by atoms with Gasteiger partial charge >= 0.3 is 0 Å². The zero-order valence-electron chi connectivity index (χ0n) is 10.1. The average Bonchev–Trinajstić information content (AvgIpc) is 2.15. The first kappa shape index (κ1) is 13.9. The number of rotatable bonds is 9. The van der Waals surface area contributed by atoms with Crippen LogP contribution < -0.4 is 0 Å². The molecule has 2 heteroatoms. The minimum atomic E-state index is 0.357. The molecule has 0 aliphatic heterocycles. The van der Waals surface area contributed by atoms with Gasteiger partial charge in [-0.15, -0.1) is 0 Å². The summed E-state index contributed by atoms with van der Waals surface area (Å²) in [6.45, 7) is 3.78. The first-order valence-corrected chi connectivity index (χ1v) is 5.96. The van der Waals surface area contributed by atoms with E-state index >= 15 is 0 Å². The Hall–Kier alpha value is -0.0800. The lowest BCUT2D eigenvalue weighted by atomic mass is 9.96. The van der Waals surface area contributed by atoms with E-state index in [1.165, 1.54) is 38.6 Å². The molecule has 0 aliphatic rings. The molecule has 2 nitrogen and oxygen atoms in total. The third-order valence-corrected chi connectivity index (χ3v) is 2.83. The topological polar surface area (TPSA) is 23.5 Å². The Morgan fingerprint density at radius 1 is 1.07 bits per heavy atom. The Balaban J connectivity index is 3.24. The summed E-state index contributed by atoms with van der Waals surface area (Å²) in [4.78, 5) is 2.24. The number of nitrogens with zero attached hydrogens (tertiary/aromatic N) is 1. The molecule has 0 aromatic heterocycles. The molecule has 1 atom stereocenters. The van der Waals surface area contributed by atoms with E-state index in [1.807, 2.05) is 0 Å². The number of unbranched alkanes of at least 4 members (excludes halogenated alkanes) is 2. The molecular formula is C12H27NO. The summed E-state index contributed by atoms with van der Waals surface area (Å²) in [7, 11) is 4.25. The molecule has 0 fully saturated rings. The number of aliphatic hydroxyl groups is 1. The van der Waals surface area contributed by atoms with Crippen molar-refractivity contribution in [3.63, 3.8) is 0 Å². The molecule has 0 bridgehead atoms. The van der Waals surface area contributed by atoms with Crippen LogP contribution in [-0.2, 0) is 0 Å². The van der Waals surface area contributed by atoms with E-state index < -0.39 is 0 Å². The fourth-order valence-electron chi connectivity index (χ4n) is 1.77. The zero-order valence-corrected chi connectivity index (χ0v) is 10.1. The van der Waals surface area contributed by atoms with Crippen LogP contribution in [0.2, 0.25) is 0 Å². The second kappa shape index (κ2) is 9.47. The van der Waals surface area contributed by atoms with Gasteiger partial charge in [-0.1, -0.05) is 32.6 Å². The zero-order chi connectivity index (χ0) is 10.8. The normalized spacial score (nSPS) is 13.5. The summed E-state index contributed by atoms with van der Waals surface area (Å²) in [5.41, 5.74) is 0. The van der Waals surface area contributed by atoms with E-state index in [0.717, 1.165) is 12.3 Å². The number of hydrogen-bond acceptors (Lipinski definition) is 2. The Morgan fingerprint density at radius 2 is 1.79 bits per heavy atom. The lowest BCUT2D eigenvalue weighted by Gasteiger charge is -2.13. The highest BCUT2D eigenvalue weighted by Gasteiger charge is 2.04. The van der Waals surface area contributed by atoms with E-state index in [0.29, 0.717) is 6.61 Å². The van der Waals surface area contributed by atoms with Gasteiger partial charge < -0.3 is 10.0 Å². The highest BCUT2D eigenvalue weighted by Crippen LogP contribution is 2.16. The van der Waals surface area contributed by atoms with E-state index in [-0.39, 0.29) is 0 Å². The maximum atomic E-state index is 8.84. The third-order valence-electron chi connectivity index (χ3n) is 2.83. The highest BCUT2D eigenvalue weighted by atomic mass is 16.3. The molecule has 1 unspecified atom stereocenters. The molecule has 0 saturated carbocycles. The minimum absolute atomic E-state index is 0.357. The van der Waals surface area contributed by atoms with Crippen molar-refractivity contribution in [2.24, 2.45) is 5.92 Å². The lowest BCUT2D eigenvalue weighted by molar-refractivity contribution is 0.246. The van der Waals surface area contributed by atoms with Crippen molar-refractivity contribution < 1.29 is 5.11 Å². The first-order valence-electron chi connectivity index (χ1n) is 5.96. The second-order valence-electron chi connectivity index (χ2n) is 4.44. The van der Waals surface area contributed by atoms with Gasteiger partial charge in [-0.3, -0.25) is 0 Å². The molecule has 14 heavy (non-hydrogen) atoms. The van der Waals surface area contributed by atoms with E-state index in [9.17, 15) is 0 Å². The quantitative estimate of drug-likeness (QED) is 0.579. The molecule has 0 saturated heterocycles. The standard InChI is InChI=1S/C12H27NO/c1-4-12(9-11-14)8-6-5-7-10-13(2)3/h12,14H,4-11H2,1-3H3. The van der Waals surface area contributed by atoms with E-state index in [1.54, 1.807) is 0 Å². The van der Waals surface area contributed by atoms with Crippen LogP contribution in [0, 0.1) is 5.92 Å². The maximum absolute atomic E-state index is 8.84. The molecule has 86 valence electrons. The summed E-state index contributed by atoms with van der Waals surface area (Å²) in [5.74, 6) is 0.749. The molecule has 0 heterocycles. The molecule has 0 aromatic carbocycles. The Kier molecular flexibility index (Phi) is 9.42. The van der Waals surface area contributed by atoms with Gasteiger partial charge in [0, 0.05) is 6.61 Å². The summed E-state index contributed by atoms with van der Waals surface area (Å²) in [6, 6.07) is 0. The molecule has 0 spiro atoms. The molecule has 0 rings (SSSR count). The van der Waals surface area contributed by atoms with E-state index in [4.69, 9.17) is 5.11 Å². The van der Waals surface area contributed by atoms with Crippen molar-refractivity contribution in [2.75, 3.05) is 27.2 Å². The van der Waals surface area contributed by atoms with Gasteiger partial charge in [0.05, 0.1) is 0 Å². The fourth-order valence-corrected chi connectivity index (χ4v) is 1.77. The Labute approximate surface area is 89.3 Å². The predicted octanol–water partition coefficient (Wildman–Crippen LogP) is 2.52. The summed E-state index contributed by atoms with van der Waals surface area (Å²) >= 11 is 0. The minimum Gasteiger partial charge on any atom is -0.396 e. The van der Waals surface area contributed by atoms with Gasteiger partial charge in [0.15, 0.2) is 0 Å². The number of hydrogen-bond donors (Lipinski definition) is 1. The first-order chi connectivity index (χ1) is 6.70. The second-order valence-corrected chi connectivity index (χ2v) is 4.44. The van der Waals surface area contributed by atoms with Crippen LogP contribution in [0.15, 0.2) is 0 Å². The van der Waals surface area contributed by atoms with Crippen molar-refractivity contribution >= 4 is 0 Å². The molecule has 0 amide bonds. The number of aliphatic hydroxyl groups excluding tert-OH is 1. The Morgan fingerprint density at radius 3 is 2.29 bits per heavy atom. The van der Waals surface area contributed by atoms with Crippen molar-refractivity contribution in [3.8, 4) is 0 Å². The van der Waals surface area contributed by atoms with E-state index in [2.05, 4.69) is 25.9 Å². The highest BCUT2D eigenvalue weighted by molar-refractivity contribution is 4.57. The van der Waals surface area contributed by atoms with Crippen LogP contribution in [0.1, 0.15) is 45.4 Å². The average molecular weight is 201 g/mol. The molecule has 0 aliphatic carbocycles. The van der Waals surface area contributed by atoms with Gasteiger partial charge in [0.1, 0.15) is 0 Å². The summed E-state index contributed by atoms with van der Waals surface area (Å²) in [6.07, 6.45) is 7.47. The van der Waals surface area contributed by atoms with Crippen molar-refractivity contribution in [1.29, 1.82) is 0 Å². The van der Waals surface area contributed by atoms with Crippen LogP contribution in [0.5, 0.6) is 0 Å². The smallest absolute Gasteiger partial charge is 0.0433 e. The molecule has 1 N–H and O–H groups in total. The lowest BCUT2D eigenvalue weighted by Crippen LogP contribution is -2.12. The van der Waals surface area contributed by atoms with Gasteiger partial charge in [-0.05, 0) is 39.4 Å². The van der Waals surface area contributed by atoms with Gasteiger partial charge in [0.25, 0.3) is 0 Å². The summed E-state index contributed by atoms with van der Waals surface area (Å²) < 4.78 is 0. The third kappa shape index (κ3) is 8.52. The molecule has 0 aromatic rings. The SMILES string of the molecule is CCC(CCO)CCCCCN(C)C. The summed E-state index contributed by atoms with van der Waals surface area (Å²) in [5, 5.41) is 8.84.